The van der Waals surface area contributed by atoms with Crippen LogP contribution in [-0.2, 0) is 0 Å². The highest BCUT2D eigenvalue weighted by Crippen LogP contribution is 2.08. The summed E-state index contributed by atoms with van der Waals surface area (Å²) in [6, 6.07) is 9.35. The van der Waals surface area contributed by atoms with E-state index in [4.69, 9.17) is 0 Å². The molecule has 0 fully saturated rings. The summed E-state index contributed by atoms with van der Waals surface area (Å²) in [5.74, 6) is 0.135. The van der Waals surface area contributed by atoms with E-state index in [9.17, 15) is 4.79 Å². The van der Waals surface area contributed by atoms with Crippen LogP contribution in [0.1, 0.15) is 10.4 Å². The van der Waals surface area contributed by atoms with E-state index in [2.05, 4.69) is 6.58 Å². The molecule has 0 aromatic heterocycles. The lowest BCUT2D eigenvalue weighted by Crippen LogP contribution is -2.27. The van der Waals surface area contributed by atoms with Gasteiger partial charge in [-0.3, -0.25) is 4.79 Å². The van der Waals surface area contributed by atoms with Crippen molar-refractivity contribution in [1.82, 2.24) is 9.80 Å². The minimum atomic E-state index is 0.135. The van der Waals surface area contributed by atoms with Gasteiger partial charge in [-0.1, -0.05) is 36.9 Å². The summed E-state index contributed by atoms with van der Waals surface area (Å²) in [7, 11) is 0. The molecule has 0 radical (unpaired) electrons. The third-order valence-electron chi connectivity index (χ3n) is 2.49. The Labute approximate surface area is 95.3 Å². The predicted molar refractivity (Wildman–Crippen MR) is 63.5 cm³/mol. The highest BCUT2D eigenvalue weighted by Gasteiger charge is 2.14. The third kappa shape index (κ3) is 2.31. The zero-order chi connectivity index (χ0) is 11.4. The number of benzene rings is 1. The topological polar surface area (TPSA) is 23.6 Å². The van der Waals surface area contributed by atoms with E-state index in [0.717, 1.165) is 5.56 Å². The molecule has 0 unspecified atom stereocenters. The Kier molecular flexibility index (Phi) is 3.05. The Morgan fingerprint density at radius 2 is 2.06 bits per heavy atom. The van der Waals surface area contributed by atoms with Crippen molar-refractivity contribution in [3.8, 4) is 0 Å². The summed E-state index contributed by atoms with van der Waals surface area (Å²) in [4.78, 5) is 15.8. The number of ketones is 1. The Hall–Kier alpha value is -2.03. The van der Waals surface area contributed by atoms with Crippen LogP contribution < -0.4 is 0 Å². The maximum Gasteiger partial charge on any atom is 0.182 e. The third-order valence-corrected chi connectivity index (χ3v) is 2.49. The fourth-order valence-electron chi connectivity index (χ4n) is 1.61. The van der Waals surface area contributed by atoms with Crippen molar-refractivity contribution in [1.29, 1.82) is 0 Å². The zero-order valence-corrected chi connectivity index (χ0v) is 9.04. The lowest BCUT2D eigenvalue weighted by atomic mass is 10.1. The van der Waals surface area contributed by atoms with E-state index in [1.54, 1.807) is 6.20 Å². The molecule has 1 aromatic rings. The minimum absolute atomic E-state index is 0.135. The van der Waals surface area contributed by atoms with E-state index in [1.165, 1.54) is 0 Å². The molecule has 0 N–H and O–H groups in total. The Balaban J connectivity index is 1.95. The van der Waals surface area contributed by atoms with Crippen molar-refractivity contribution in [2.24, 2.45) is 0 Å². The van der Waals surface area contributed by atoms with Crippen LogP contribution in [0.3, 0.4) is 0 Å². The summed E-state index contributed by atoms with van der Waals surface area (Å²) >= 11 is 0. The van der Waals surface area contributed by atoms with Gasteiger partial charge in [-0.25, -0.2) is 0 Å². The second-order valence-electron chi connectivity index (χ2n) is 3.67. The van der Waals surface area contributed by atoms with Crippen LogP contribution in [0.2, 0.25) is 0 Å². The second kappa shape index (κ2) is 4.66. The van der Waals surface area contributed by atoms with Gasteiger partial charge in [-0.2, -0.15) is 0 Å². The molecule has 0 spiro atoms. The first-order chi connectivity index (χ1) is 7.79. The molecular formula is C13H14N2O. The number of carbonyl (C=O) groups excluding carboxylic acids is 1. The number of Topliss-reactive ketones (excluding diaryl/α,β-unsaturated/α-hetero) is 1. The van der Waals surface area contributed by atoms with Crippen LogP contribution >= 0.6 is 0 Å². The summed E-state index contributed by atoms with van der Waals surface area (Å²) in [6.07, 6.45) is 5.55. The van der Waals surface area contributed by atoms with Gasteiger partial charge in [0.25, 0.3) is 0 Å². The van der Waals surface area contributed by atoms with Crippen LogP contribution in [0, 0.1) is 0 Å². The molecule has 3 nitrogen and oxygen atoms in total. The van der Waals surface area contributed by atoms with E-state index in [-0.39, 0.29) is 5.78 Å². The molecule has 1 aromatic carbocycles. The largest absolute Gasteiger partial charge is 0.351 e. The predicted octanol–water partition coefficient (Wildman–Crippen LogP) is 2.06. The van der Waals surface area contributed by atoms with Crippen molar-refractivity contribution in [2.75, 3.05) is 13.2 Å². The Bertz CT molecular complexity index is 411. The second-order valence-corrected chi connectivity index (χ2v) is 3.67. The maximum absolute atomic E-state index is 11.9. The smallest absolute Gasteiger partial charge is 0.182 e. The first-order valence-corrected chi connectivity index (χ1v) is 5.18. The molecule has 0 bridgehead atoms. The van der Waals surface area contributed by atoms with Crippen LogP contribution in [0.15, 0.2) is 55.5 Å². The molecule has 3 heteroatoms. The SMILES string of the molecule is C=CN1C=CN(CC(=O)c2ccccc2)C1. The van der Waals surface area contributed by atoms with Crippen LogP contribution in [0.4, 0.5) is 0 Å². The van der Waals surface area contributed by atoms with Gasteiger partial charge < -0.3 is 9.80 Å². The number of hydrogen-bond acceptors (Lipinski definition) is 3. The van der Waals surface area contributed by atoms with Crippen LogP contribution in [0.5, 0.6) is 0 Å². The number of hydrogen-bond donors (Lipinski definition) is 0. The van der Waals surface area contributed by atoms with Gasteiger partial charge in [0.1, 0.15) is 0 Å². The number of rotatable bonds is 4. The van der Waals surface area contributed by atoms with Crippen molar-refractivity contribution >= 4 is 5.78 Å². The van der Waals surface area contributed by atoms with E-state index in [0.29, 0.717) is 13.2 Å². The molecule has 0 saturated carbocycles. The summed E-state index contributed by atoms with van der Waals surface area (Å²) in [6.45, 7) is 4.78. The molecule has 0 amide bonds. The molecule has 1 aliphatic rings. The number of nitrogens with zero attached hydrogens (tertiary/aromatic N) is 2. The van der Waals surface area contributed by atoms with E-state index >= 15 is 0 Å². The highest BCUT2D eigenvalue weighted by atomic mass is 16.1. The minimum Gasteiger partial charge on any atom is -0.351 e. The first kappa shape index (κ1) is 10.5. The first-order valence-electron chi connectivity index (χ1n) is 5.18. The molecule has 2 rings (SSSR count). The van der Waals surface area contributed by atoms with Crippen molar-refractivity contribution in [3.63, 3.8) is 0 Å². The van der Waals surface area contributed by atoms with Crippen LogP contribution in [0.25, 0.3) is 0 Å². The molecule has 0 atom stereocenters. The molecule has 0 saturated heterocycles. The fourth-order valence-corrected chi connectivity index (χ4v) is 1.61. The van der Waals surface area contributed by atoms with Gasteiger partial charge in [0.15, 0.2) is 5.78 Å². The summed E-state index contributed by atoms with van der Waals surface area (Å²) in [5.41, 5.74) is 0.757. The normalized spacial score (nSPS) is 14.2. The van der Waals surface area contributed by atoms with E-state index < -0.39 is 0 Å². The average Bonchev–Trinajstić information content (AvgIpc) is 2.78. The molecule has 1 aliphatic heterocycles. The molecule has 1 heterocycles. The van der Waals surface area contributed by atoms with Gasteiger partial charge in [-0.05, 0) is 6.20 Å². The van der Waals surface area contributed by atoms with Gasteiger partial charge in [0.05, 0.1) is 13.2 Å². The lowest BCUT2D eigenvalue weighted by molar-refractivity contribution is 0.0950. The Morgan fingerprint density at radius 3 is 2.69 bits per heavy atom. The highest BCUT2D eigenvalue weighted by molar-refractivity contribution is 5.97. The molecule has 16 heavy (non-hydrogen) atoms. The van der Waals surface area contributed by atoms with Crippen molar-refractivity contribution in [3.05, 3.63) is 61.1 Å². The fraction of sp³-hybridized carbons (Fsp3) is 0.154. The van der Waals surface area contributed by atoms with E-state index in [1.807, 2.05) is 52.5 Å². The lowest BCUT2D eigenvalue weighted by Gasteiger charge is -2.17. The van der Waals surface area contributed by atoms with Gasteiger partial charge in [0, 0.05) is 18.0 Å². The number of carbonyl (C=O) groups is 1. The molecule has 82 valence electrons. The quantitative estimate of drug-likeness (QED) is 0.717. The maximum atomic E-state index is 11.9. The van der Waals surface area contributed by atoms with Gasteiger partial charge in [-0.15, -0.1) is 0 Å². The van der Waals surface area contributed by atoms with Gasteiger partial charge in [0.2, 0.25) is 0 Å². The standard InChI is InChI=1S/C13H14N2O/c1-2-14-8-9-15(11-14)10-13(16)12-6-4-3-5-7-12/h2-9H,1,10-11H2. The summed E-state index contributed by atoms with van der Waals surface area (Å²) in [5, 5.41) is 0. The van der Waals surface area contributed by atoms with Crippen molar-refractivity contribution < 1.29 is 4.79 Å². The average molecular weight is 214 g/mol. The monoisotopic (exact) mass is 214 g/mol. The zero-order valence-electron chi connectivity index (χ0n) is 9.04. The van der Waals surface area contributed by atoms with Crippen molar-refractivity contribution in [2.45, 2.75) is 0 Å². The summed E-state index contributed by atoms with van der Waals surface area (Å²) < 4.78 is 0. The van der Waals surface area contributed by atoms with Crippen LogP contribution in [-0.4, -0.2) is 28.8 Å². The molecule has 0 aliphatic carbocycles. The molecular weight excluding hydrogens is 200 g/mol. The van der Waals surface area contributed by atoms with Gasteiger partial charge >= 0.3 is 0 Å². The Morgan fingerprint density at radius 1 is 1.31 bits per heavy atom.